The molecule has 0 N–H and O–H groups in total. The number of hydrogen-bond donors (Lipinski definition) is 0. The van der Waals surface area contributed by atoms with Crippen LogP contribution in [-0.4, -0.2) is 11.6 Å². The zero-order valence-corrected chi connectivity index (χ0v) is 14.3. The molecule has 0 amide bonds. The number of Topliss-reactive ketones (excluding diaryl/α,β-unsaturated/α-hetero) is 2. The summed E-state index contributed by atoms with van der Waals surface area (Å²) >= 11 is 0. The smallest absolute Gasteiger partial charge is 0.129 e. The lowest BCUT2D eigenvalue weighted by Gasteiger charge is -1.95. The van der Waals surface area contributed by atoms with E-state index in [9.17, 15) is 9.59 Å². The van der Waals surface area contributed by atoms with Crippen LogP contribution in [0.1, 0.15) is 105 Å². The number of unbranched alkanes of at least 4 members (excludes halogenated alkanes) is 8. The fourth-order valence-electron chi connectivity index (χ4n) is 1.95. The predicted molar refractivity (Wildman–Crippen MR) is 88.1 cm³/mol. The van der Waals surface area contributed by atoms with Gasteiger partial charge in [-0.3, -0.25) is 0 Å². The highest BCUT2D eigenvalue weighted by Crippen LogP contribution is 2.05. The van der Waals surface area contributed by atoms with Crippen LogP contribution in [0.4, 0.5) is 0 Å². The molecule has 2 heteroatoms. The first-order chi connectivity index (χ1) is 9.54. The van der Waals surface area contributed by atoms with Gasteiger partial charge in [0.1, 0.15) is 11.6 Å². The minimum absolute atomic E-state index is 0.330. The maximum absolute atomic E-state index is 10.5. The third kappa shape index (κ3) is 26.0. The normalized spacial score (nSPS) is 9.80. The summed E-state index contributed by atoms with van der Waals surface area (Å²) in [7, 11) is 0. The minimum atomic E-state index is 0.330. The Kier molecular flexibility index (Phi) is 19.8. The van der Waals surface area contributed by atoms with Gasteiger partial charge in [0.2, 0.25) is 0 Å². The van der Waals surface area contributed by atoms with Crippen LogP contribution in [0, 0.1) is 0 Å². The van der Waals surface area contributed by atoms with Crippen molar-refractivity contribution >= 4 is 11.6 Å². The van der Waals surface area contributed by atoms with Crippen LogP contribution in [0.25, 0.3) is 0 Å². The molecule has 20 heavy (non-hydrogen) atoms. The van der Waals surface area contributed by atoms with Crippen molar-refractivity contribution in [3.63, 3.8) is 0 Å². The van der Waals surface area contributed by atoms with Crippen LogP contribution in [-0.2, 0) is 9.59 Å². The second kappa shape index (κ2) is 18.3. The zero-order chi connectivity index (χ0) is 15.6. The van der Waals surface area contributed by atoms with Gasteiger partial charge in [-0.1, -0.05) is 65.2 Å². The van der Waals surface area contributed by atoms with Gasteiger partial charge in [0.25, 0.3) is 0 Å². The first kappa shape index (κ1) is 21.6. The molecular formula is C18H36O2. The van der Waals surface area contributed by atoms with E-state index in [1.54, 1.807) is 13.8 Å². The molecule has 0 aromatic rings. The standard InChI is InChI=1S/2C9H18O/c2*1-3-4-5-6-7-8-9(2)10/h2*3-8H2,1-2H3. The molecule has 0 bridgehead atoms. The number of hydrogen-bond acceptors (Lipinski definition) is 2. The second-order valence-corrected chi connectivity index (χ2v) is 5.73. The summed E-state index contributed by atoms with van der Waals surface area (Å²) in [4.78, 5) is 21.0. The van der Waals surface area contributed by atoms with Gasteiger partial charge >= 0.3 is 0 Å². The van der Waals surface area contributed by atoms with Crippen molar-refractivity contribution in [1.82, 2.24) is 0 Å². The van der Waals surface area contributed by atoms with Crippen LogP contribution in [0.5, 0.6) is 0 Å². The highest BCUT2D eigenvalue weighted by molar-refractivity contribution is 5.75. The van der Waals surface area contributed by atoms with Crippen molar-refractivity contribution in [3.8, 4) is 0 Å². The molecule has 0 heterocycles. The number of rotatable bonds is 12. The highest BCUT2D eigenvalue weighted by Gasteiger charge is 1.93. The maximum atomic E-state index is 10.5. The van der Waals surface area contributed by atoms with E-state index >= 15 is 0 Å². The van der Waals surface area contributed by atoms with Crippen molar-refractivity contribution in [2.45, 2.75) is 105 Å². The number of carbonyl (C=O) groups excluding carboxylic acids is 2. The van der Waals surface area contributed by atoms with Gasteiger partial charge < -0.3 is 9.59 Å². The van der Waals surface area contributed by atoms with E-state index in [2.05, 4.69) is 13.8 Å². The first-order valence-corrected chi connectivity index (χ1v) is 8.53. The minimum Gasteiger partial charge on any atom is -0.300 e. The van der Waals surface area contributed by atoms with E-state index in [1.807, 2.05) is 0 Å². The van der Waals surface area contributed by atoms with E-state index in [0.29, 0.717) is 11.6 Å². The molecule has 0 aliphatic rings. The lowest BCUT2D eigenvalue weighted by molar-refractivity contribution is -0.117. The third-order valence-corrected chi connectivity index (χ3v) is 3.26. The Morgan fingerprint density at radius 2 is 0.850 bits per heavy atom. The van der Waals surface area contributed by atoms with Gasteiger partial charge in [0, 0.05) is 12.8 Å². The highest BCUT2D eigenvalue weighted by atomic mass is 16.1. The fourth-order valence-corrected chi connectivity index (χ4v) is 1.95. The van der Waals surface area contributed by atoms with E-state index in [4.69, 9.17) is 0 Å². The molecule has 0 aliphatic carbocycles. The molecule has 0 saturated carbocycles. The molecule has 0 radical (unpaired) electrons. The van der Waals surface area contributed by atoms with E-state index in [1.165, 1.54) is 51.4 Å². The maximum Gasteiger partial charge on any atom is 0.129 e. The molecule has 0 spiro atoms. The largest absolute Gasteiger partial charge is 0.300 e. The SMILES string of the molecule is CCCCCCCC(C)=O.CCCCCCCC(C)=O. The van der Waals surface area contributed by atoms with Crippen molar-refractivity contribution in [2.75, 3.05) is 0 Å². The Morgan fingerprint density at radius 3 is 1.10 bits per heavy atom. The Bertz CT molecular complexity index is 197. The molecule has 120 valence electrons. The van der Waals surface area contributed by atoms with Crippen LogP contribution < -0.4 is 0 Å². The Labute approximate surface area is 126 Å². The Balaban J connectivity index is 0. The average Bonchev–Trinajstić information content (AvgIpc) is 2.38. The summed E-state index contributed by atoms with van der Waals surface area (Å²) in [5, 5.41) is 0. The Hall–Kier alpha value is -0.660. The molecule has 0 saturated heterocycles. The fraction of sp³-hybridized carbons (Fsp3) is 0.889. The van der Waals surface area contributed by atoms with Gasteiger partial charge in [-0.05, 0) is 26.7 Å². The molecule has 0 aromatic heterocycles. The molecule has 2 nitrogen and oxygen atoms in total. The molecule has 0 aliphatic heterocycles. The lowest BCUT2D eigenvalue weighted by Crippen LogP contribution is -1.88. The second-order valence-electron chi connectivity index (χ2n) is 5.73. The average molecular weight is 284 g/mol. The van der Waals surface area contributed by atoms with Crippen LogP contribution in [0.3, 0.4) is 0 Å². The summed E-state index contributed by atoms with van der Waals surface area (Å²) in [6.45, 7) is 7.73. The van der Waals surface area contributed by atoms with Crippen LogP contribution in [0.15, 0.2) is 0 Å². The van der Waals surface area contributed by atoms with Crippen molar-refractivity contribution in [2.24, 2.45) is 0 Å². The van der Waals surface area contributed by atoms with Gasteiger partial charge in [-0.25, -0.2) is 0 Å². The first-order valence-electron chi connectivity index (χ1n) is 8.53. The van der Waals surface area contributed by atoms with Gasteiger partial charge in [0.15, 0.2) is 0 Å². The summed E-state index contributed by atoms with van der Waals surface area (Å²) < 4.78 is 0. The van der Waals surface area contributed by atoms with Gasteiger partial charge in [-0.2, -0.15) is 0 Å². The summed E-state index contributed by atoms with van der Waals surface area (Å²) in [5.41, 5.74) is 0. The van der Waals surface area contributed by atoms with Gasteiger partial charge in [0.05, 0.1) is 0 Å². The van der Waals surface area contributed by atoms with E-state index in [0.717, 1.165) is 25.7 Å². The van der Waals surface area contributed by atoms with Crippen molar-refractivity contribution in [1.29, 1.82) is 0 Å². The Morgan fingerprint density at radius 1 is 0.550 bits per heavy atom. The lowest BCUT2D eigenvalue weighted by atomic mass is 10.1. The zero-order valence-electron chi connectivity index (χ0n) is 14.3. The van der Waals surface area contributed by atoms with Crippen LogP contribution >= 0.6 is 0 Å². The van der Waals surface area contributed by atoms with Gasteiger partial charge in [-0.15, -0.1) is 0 Å². The van der Waals surface area contributed by atoms with Crippen LogP contribution in [0.2, 0.25) is 0 Å². The number of ketones is 2. The molecule has 0 fully saturated rings. The van der Waals surface area contributed by atoms with Crippen molar-refractivity contribution < 1.29 is 9.59 Å². The molecule has 0 unspecified atom stereocenters. The molecule has 0 rings (SSSR count). The summed E-state index contributed by atoms with van der Waals surface area (Å²) in [5.74, 6) is 0.660. The molecule has 0 atom stereocenters. The molecule has 0 aromatic carbocycles. The topological polar surface area (TPSA) is 34.1 Å². The van der Waals surface area contributed by atoms with Crippen molar-refractivity contribution in [3.05, 3.63) is 0 Å². The third-order valence-electron chi connectivity index (χ3n) is 3.26. The summed E-state index contributed by atoms with van der Waals surface area (Å²) in [6.07, 6.45) is 14.0. The van der Waals surface area contributed by atoms with E-state index < -0.39 is 0 Å². The predicted octanol–water partition coefficient (Wildman–Crippen LogP) is 5.87. The summed E-state index contributed by atoms with van der Waals surface area (Å²) in [6, 6.07) is 0. The number of carbonyl (C=O) groups is 2. The molecular weight excluding hydrogens is 248 g/mol. The monoisotopic (exact) mass is 284 g/mol. The van der Waals surface area contributed by atoms with E-state index in [-0.39, 0.29) is 0 Å². The quantitative estimate of drug-likeness (QED) is 0.420.